The van der Waals surface area contributed by atoms with Crippen molar-refractivity contribution in [1.82, 2.24) is 0 Å². The zero-order valence-electron chi connectivity index (χ0n) is 14.8. The minimum absolute atomic E-state index is 0.00677. The van der Waals surface area contributed by atoms with E-state index in [2.05, 4.69) is 65.1 Å². The highest BCUT2D eigenvalue weighted by Crippen LogP contribution is 2.36. The summed E-state index contributed by atoms with van der Waals surface area (Å²) >= 11 is 6.47. The molecule has 0 amide bonds. The monoisotopic (exact) mass is 334 g/mol. The van der Waals surface area contributed by atoms with E-state index < -0.39 is 8.07 Å². The van der Waals surface area contributed by atoms with Crippen molar-refractivity contribution >= 4 is 24.9 Å². The Morgan fingerprint density at radius 1 is 1.18 bits per heavy atom. The summed E-state index contributed by atoms with van der Waals surface area (Å²) in [6.07, 6.45) is 5.57. The third-order valence-electron chi connectivity index (χ3n) is 4.66. The number of benzene rings is 1. The number of halogens is 1. The van der Waals surface area contributed by atoms with Gasteiger partial charge in [-0.3, -0.25) is 0 Å². The van der Waals surface area contributed by atoms with E-state index in [0.29, 0.717) is 0 Å². The summed E-state index contributed by atoms with van der Waals surface area (Å²) in [4.78, 5) is 0. The van der Waals surface area contributed by atoms with Gasteiger partial charge in [-0.1, -0.05) is 68.4 Å². The SMILES string of the molecule is COc1c(C(C)(C)C)cc(Cl)cc1[Si](C)(C)C1=C(C)C=CC1. The first-order valence-corrected chi connectivity index (χ1v) is 11.2. The fourth-order valence-electron chi connectivity index (χ4n) is 3.36. The molecule has 0 unspecified atom stereocenters. The summed E-state index contributed by atoms with van der Waals surface area (Å²) in [6, 6.07) is 4.18. The molecule has 0 bridgehead atoms. The second kappa shape index (κ2) is 5.90. The van der Waals surface area contributed by atoms with Crippen LogP contribution >= 0.6 is 11.6 Å². The standard InChI is InChI=1S/C19H27ClOSi/c1-13-9-8-10-16(13)22(6,7)17-12-14(20)11-15(18(17)21-5)19(2,3)4/h8-9,11-12H,10H2,1-7H3. The number of ether oxygens (including phenoxy) is 1. The second-order valence-electron chi connectivity index (χ2n) is 7.68. The lowest BCUT2D eigenvalue weighted by Crippen LogP contribution is -2.45. The first kappa shape index (κ1) is 17.4. The predicted molar refractivity (Wildman–Crippen MR) is 100 cm³/mol. The minimum atomic E-state index is -1.81. The van der Waals surface area contributed by atoms with E-state index in [-0.39, 0.29) is 5.41 Å². The van der Waals surface area contributed by atoms with Crippen molar-refractivity contribution in [3.05, 3.63) is 45.6 Å². The van der Waals surface area contributed by atoms with Gasteiger partial charge >= 0.3 is 0 Å². The van der Waals surface area contributed by atoms with Crippen molar-refractivity contribution in [3.8, 4) is 5.75 Å². The lowest BCUT2D eigenvalue weighted by Gasteiger charge is -2.32. The van der Waals surface area contributed by atoms with Crippen molar-refractivity contribution in [2.45, 2.75) is 52.6 Å². The smallest absolute Gasteiger partial charge is 0.122 e. The Hall–Kier alpha value is -0.993. The predicted octanol–water partition coefficient (Wildman–Crippen LogP) is 5.38. The lowest BCUT2D eigenvalue weighted by atomic mass is 9.86. The van der Waals surface area contributed by atoms with Crippen molar-refractivity contribution in [3.63, 3.8) is 0 Å². The second-order valence-corrected chi connectivity index (χ2v) is 12.5. The Balaban J connectivity index is 2.70. The van der Waals surface area contributed by atoms with E-state index in [9.17, 15) is 0 Å². The molecule has 1 aliphatic rings. The highest BCUT2D eigenvalue weighted by molar-refractivity contribution is 6.96. The molecule has 1 aromatic rings. The topological polar surface area (TPSA) is 9.23 Å². The molecular formula is C19H27ClOSi. The fourth-order valence-corrected chi connectivity index (χ4v) is 7.01. The molecule has 0 saturated heterocycles. The van der Waals surface area contributed by atoms with E-state index in [1.165, 1.54) is 16.3 Å². The summed E-state index contributed by atoms with van der Waals surface area (Å²) < 4.78 is 5.87. The number of hydrogen-bond acceptors (Lipinski definition) is 1. The van der Waals surface area contributed by atoms with Crippen LogP contribution in [-0.4, -0.2) is 15.2 Å². The van der Waals surface area contributed by atoms with E-state index >= 15 is 0 Å². The number of hydrogen-bond donors (Lipinski definition) is 0. The average Bonchev–Trinajstić information content (AvgIpc) is 2.83. The molecule has 2 rings (SSSR count). The molecule has 3 heteroatoms. The number of allylic oxidation sites excluding steroid dienone is 4. The van der Waals surface area contributed by atoms with Gasteiger partial charge in [-0.25, -0.2) is 0 Å². The first-order chi connectivity index (χ1) is 10.1. The van der Waals surface area contributed by atoms with Gasteiger partial charge in [0, 0.05) is 10.6 Å². The molecular weight excluding hydrogens is 308 g/mol. The summed E-state index contributed by atoms with van der Waals surface area (Å²) in [7, 11) is -0.0305. The molecule has 1 aliphatic carbocycles. The van der Waals surface area contributed by atoms with Crippen LogP contribution in [0.2, 0.25) is 18.1 Å². The molecule has 0 radical (unpaired) electrons. The zero-order valence-corrected chi connectivity index (χ0v) is 16.6. The molecule has 1 nitrogen and oxygen atoms in total. The lowest BCUT2D eigenvalue weighted by molar-refractivity contribution is 0.400. The Morgan fingerprint density at radius 2 is 1.82 bits per heavy atom. The molecule has 0 fully saturated rings. The van der Waals surface area contributed by atoms with Gasteiger partial charge in [-0.05, 0) is 36.1 Å². The average molecular weight is 335 g/mol. The summed E-state index contributed by atoms with van der Waals surface area (Å²) in [6.45, 7) is 13.7. The van der Waals surface area contributed by atoms with Gasteiger partial charge in [-0.2, -0.15) is 0 Å². The molecule has 120 valence electrons. The Labute approximate surface area is 141 Å². The maximum atomic E-state index is 6.47. The van der Waals surface area contributed by atoms with Crippen LogP contribution in [0.4, 0.5) is 0 Å². The van der Waals surface area contributed by atoms with Gasteiger partial charge in [0.15, 0.2) is 0 Å². The molecule has 0 spiro atoms. The minimum Gasteiger partial charge on any atom is -0.497 e. The third-order valence-corrected chi connectivity index (χ3v) is 8.70. The van der Waals surface area contributed by atoms with E-state index in [4.69, 9.17) is 16.3 Å². The van der Waals surface area contributed by atoms with E-state index in [1.54, 1.807) is 12.3 Å². The summed E-state index contributed by atoms with van der Waals surface area (Å²) in [5.41, 5.74) is 2.62. The highest BCUT2D eigenvalue weighted by Gasteiger charge is 2.35. The third kappa shape index (κ3) is 3.04. The van der Waals surface area contributed by atoms with Crippen molar-refractivity contribution < 1.29 is 4.74 Å². The molecule has 1 aromatic carbocycles. The molecule has 0 aromatic heterocycles. The van der Waals surface area contributed by atoms with Gasteiger partial charge in [0.05, 0.1) is 7.11 Å². The Bertz CT molecular complexity index is 648. The normalized spacial score (nSPS) is 15.6. The highest BCUT2D eigenvalue weighted by atomic mass is 35.5. The van der Waals surface area contributed by atoms with E-state index in [0.717, 1.165) is 17.2 Å². The van der Waals surface area contributed by atoms with Gasteiger partial charge in [0.1, 0.15) is 13.8 Å². The van der Waals surface area contributed by atoms with Crippen LogP contribution in [-0.2, 0) is 5.41 Å². The largest absolute Gasteiger partial charge is 0.497 e. The van der Waals surface area contributed by atoms with Crippen LogP contribution in [0, 0.1) is 0 Å². The van der Waals surface area contributed by atoms with Crippen LogP contribution in [0.5, 0.6) is 5.75 Å². The van der Waals surface area contributed by atoms with Crippen molar-refractivity contribution in [2.75, 3.05) is 7.11 Å². The number of rotatable bonds is 3. The summed E-state index contributed by atoms with van der Waals surface area (Å²) in [5.74, 6) is 1.03. The summed E-state index contributed by atoms with van der Waals surface area (Å²) in [5, 5.41) is 3.70. The maximum absolute atomic E-state index is 6.47. The van der Waals surface area contributed by atoms with Crippen LogP contribution in [0.25, 0.3) is 0 Å². The molecule has 0 N–H and O–H groups in total. The Morgan fingerprint density at radius 3 is 2.27 bits per heavy atom. The fraction of sp³-hybridized carbons (Fsp3) is 0.474. The van der Waals surface area contributed by atoms with Crippen LogP contribution < -0.4 is 9.92 Å². The van der Waals surface area contributed by atoms with Crippen molar-refractivity contribution in [1.29, 1.82) is 0 Å². The molecule has 0 saturated carbocycles. The quantitative estimate of drug-likeness (QED) is 0.674. The molecule has 0 aliphatic heterocycles. The molecule has 22 heavy (non-hydrogen) atoms. The van der Waals surface area contributed by atoms with Crippen LogP contribution in [0.15, 0.2) is 35.1 Å². The maximum Gasteiger partial charge on any atom is 0.122 e. The number of methoxy groups -OCH3 is 1. The van der Waals surface area contributed by atoms with Crippen molar-refractivity contribution in [2.24, 2.45) is 0 Å². The molecule has 0 atom stereocenters. The first-order valence-electron chi connectivity index (χ1n) is 7.84. The van der Waals surface area contributed by atoms with E-state index in [1.807, 2.05) is 0 Å². The van der Waals surface area contributed by atoms with Gasteiger partial charge in [0.2, 0.25) is 0 Å². The van der Waals surface area contributed by atoms with Gasteiger partial charge in [0.25, 0.3) is 0 Å². The Kier molecular flexibility index (Phi) is 4.65. The molecule has 0 heterocycles. The van der Waals surface area contributed by atoms with Crippen LogP contribution in [0.3, 0.4) is 0 Å². The van der Waals surface area contributed by atoms with Gasteiger partial charge in [-0.15, -0.1) is 0 Å². The zero-order chi connectivity index (χ0) is 16.7. The van der Waals surface area contributed by atoms with Gasteiger partial charge < -0.3 is 4.74 Å². The van der Waals surface area contributed by atoms with Crippen LogP contribution in [0.1, 0.15) is 39.7 Å².